The van der Waals surface area contributed by atoms with E-state index in [9.17, 15) is 9.90 Å². The highest BCUT2D eigenvalue weighted by Gasteiger charge is 2.18. The van der Waals surface area contributed by atoms with Crippen LogP contribution in [0.3, 0.4) is 0 Å². The van der Waals surface area contributed by atoms with E-state index in [0.29, 0.717) is 21.6 Å². The number of hydrogen-bond donors (Lipinski definition) is 2. The highest BCUT2D eigenvalue weighted by molar-refractivity contribution is 9.10. The molecule has 0 amide bonds. The van der Waals surface area contributed by atoms with Gasteiger partial charge in [0.1, 0.15) is 0 Å². The zero-order valence-electron chi connectivity index (χ0n) is 12.5. The number of halogens is 1. The number of hydrogen-bond acceptors (Lipinski definition) is 3. The number of likely N-dealkylation sites (N-methyl/N-ethyl adjacent to an activating group) is 1. The number of rotatable bonds is 7. The third-order valence-electron chi connectivity index (χ3n) is 2.93. The smallest absolute Gasteiger partial charge is 0.338 e. The predicted octanol–water partition coefficient (Wildman–Crippen LogP) is 3.54. The monoisotopic (exact) mass is 342 g/mol. The van der Waals surface area contributed by atoms with E-state index < -0.39 is 5.97 Å². The minimum Gasteiger partial charge on any atom is -0.478 e. The minimum absolute atomic E-state index is 0.220. The van der Waals surface area contributed by atoms with E-state index in [2.05, 4.69) is 40.0 Å². The number of nitrogens with one attached hydrogen (secondary N) is 1. The zero-order valence-corrected chi connectivity index (χ0v) is 14.1. The van der Waals surface area contributed by atoms with E-state index in [1.54, 1.807) is 6.07 Å². The van der Waals surface area contributed by atoms with Gasteiger partial charge in [-0.3, -0.25) is 0 Å². The van der Waals surface area contributed by atoms with Gasteiger partial charge in [0, 0.05) is 17.1 Å². The molecule has 0 aliphatic rings. The molecule has 1 aromatic rings. The maximum atomic E-state index is 11.4. The van der Waals surface area contributed by atoms with Crippen molar-refractivity contribution in [2.75, 3.05) is 26.0 Å². The van der Waals surface area contributed by atoms with Gasteiger partial charge in [0.15, 0.2) is 0 Å². The van der Waals surface area contributed by atoms with Crippen LogP contribution in [-0.2, 0) is 0 Å². The standard InChI is InChI=1S/C15H23BrN2O2/c1-10(2)8-11(9-18(3)4)17-13-7-5-6-12(16)14(13)15(19)20/h5-7,10-11,17H,8-9H2,1-4H3,(H,19,20). The van der Waals surface area contributed by atoms with Crippen molar-refractivity contribution in [3.05, 3.63) is 28.2 Å². The molecule has 0 radical (unpaired) electrons. The lowest BCUT2D eigenvalue weighted by atomic mass is 10.0. The molecule has 0 aromatic heterocycles. The van der Waals surface area contributed by atoms with Gasteiger partial charge in [-0.15, -0.1) is 0 Å². The largest absolute Gasteiger partial charge is 0.478 e. The average Bonchev–Trinajstić information content (AvgIpc) is 2.26. The molecule has 4 nitrogen and oxygen atoms in total. The van der Waals surface area contributed by atoms with Crippen molar-refractivity contribution in [1.82, 2.24) is 4.90 Å². The summed E-state index contributed by atoms with van der Waals surface area (Å²) in [5.41, 5.74) is 0.958. The number of anilines is 1. The molecule has 1 rings (SSSR count). The van der Waals surface area contributed by atoms with Crippen molar-refractivity contribution >= 4 is 27.6 Å². The number of carbonyl (C=O) groups is 1. The molecule has 0 saturated carbocycles. The number of carboxylic acid groups (broad SMARTS) is 1. The highest BCUT2D eigenvalue weighted by atomic mass is 79.9. The zero-order chi connectivity index (χ0) is 15.3. The summed E-state index contributed by atoms with van der Waals surface area (Å²) < 4.78 is 0.600. The second-order valence-electron chi connectivity index (χ2n) is 5.70. The molecule has 1 unspecified atom stereocenters. The van der Waals surface area contributed by atoms with Crippen LogP contribution in [-0.4, -0.2) is 42.7 Å². The van der Waals surface area contributed by atoms with Crippen LogP contribution < -0.4 is 5.32 Å². The molecule has 0 heterocycles. The van der Waals surface area contributed by atoms with Crippen molar-refractivity contribution in [3.63, 3.8) is 0 Å². The van der Waals surface area contributed by atoms with Crippen LogP contribution >= 0.6 is 15.9 Å². The van der Waals surface area contributed by atoms with Crippen molar-refractivity contribution in [2.45, 2.75) is 26.3 Å². The first-order valence-electron chi connectivity index (χ1n) is 6.74. The molecule has 0 saturated heterocycles. The molecule has 5 heteroatoms. The van der Waals surface area contributed by atoms with E-state index >= 15 is 0 Å². The summed E-state index contributed by atoms with van der Waals surface area (Å²) in [6.07, 6.45) is 0.990. The molecule has 0 fully saturated rings. The maximum Gasteiger partial charge on any atom is 0.338 e. The number of aromatic carboxylic acids is 1. The Morgan fingerprint density at radius 1 is 1.40 bits per heavy atom. The summed E-state index contributed by atoms with van der Waals surface area (Å²) in [6, 6.07) is 5.63. The summed E-state index contributed by atoms with van der Waals surface area (Å²) >= 11 is 3.31. The van der Waals surface area contributed by atoms with Gasteiger partial charge in [0.25, 0.3) is 0 Å². The maximum absolute atomic E-state index is 11.4. The quantitative estimate of drug-likeness (QED) is 0.795. The molecule has 0 aliphatic carbocycles. The Kier molecular flexibility index (Phi) is 6.49. The lowest BCUT2D eigenvalue weighted by Gasteiger charge is -2.25. The fourth-order valence-electron chi connectivity index (χ4n) is 2.27. The predicted molar refractivity (Wildman–Crippen MR) is 86.5 cm³/mol. The Morgan fingerprint density at radius 2 is 2.05 bits per heavy atom. The summed E-state index contributed by atoms with van der Waals surface area (Å²) in [5, 5.41) is 12.7. The molecule has 20 heavy (non-hydrogen) atoms. The third kappa shape index (κ3) is 5.13. The van der Waals surface area contributed by atoms with Crippen LogP contribution in [0.4, 0.5) is 5.69 Å². The molecule has 2 N–H and O–H groups in total. The lowest BCUT2D eigenvalue weighted by molar-refractivity contribution is 0.0697. The van der Waals surface area contributed by atoms with Gasteiger partial charge in [-0.2, -0.15) is 0 Å². The Balaban J connectivity index is 2.98. The van der Waals surface area contributed by atoms with Gasteiger partial charge in [0.05, 0.1) is 11.3 Å². The van der Waals surface area contributed by atoms with Crippen molar-refractivity contribution < 1.29 is 9.90 Å². The van der Waals surface area contributed by atoms with Crippen LogP contribution in [0.25, 0.3) is 0 Å². The van der Waals surface area contributed by atoms with Gasteiger partial charge in [-0.05, 0) is 54.5 Å². The van der Waals surface area contributed by atoms with Crippen molar-refractivity contribution in [3.8, 4) is 0 Å². The van der Waals surface area contributed by atoms with Gasteiger partial charge >= 0.3 is 5.97 Å². The van der Waals surface area contributed by atoms with Crippen LogP contribution in [0.15, 0.2) is 22.7 Å². The fraction of sp³-hybridized carbons (Fsp3) is 0.533. The summed E-state index contributed by atoms with van der Waals surface area (Å²) in [6.45, 7) is 5.20. The van der Waals surface area contributed by atoms with E-state index in [-0.39, 0.29) is 6.04 Å². The Bertz CT molecular complexity index is 451. The van der Waals surface area contributed by atoms with E-state index in [1.165, 1.54) is 0 Å². The number of nitrogens with zero attached hydrogens (tertiary/aromatic N) is 1. The summed E-state index contributed by atoms with van der Waals surface area (Å²) in [7, 11) is 4.04. The average molecular weight is 343 g/mol. The second kappa shape index (κ2) is 7.64. The molecular formula is C15H23BrN2O2. The Labute approximate surface area is 129 Å². The van der Waals surface area contributed by atoms with E-state index in [1.807, 2.05) is 26.2 Å². The Morgan fingerprint density at radius 3 is 2.55 bits per heavy atom. The molecule has 0 aliphatic heterocycles. The van der Waals surface area contributed by atoms with Crippen LogP contribution in [0.5, 0.6) is 0 Å². The molecular weight excluding hydrogens is 320 g/mol. The van der Waals surface area contributed by atoms with E-state index in [0.717, 1.165) is 13.0 Å². The van der Waals surface area contributed by atoms with Gasteiger partial charge in [-0.25, -0.2) is 4.79 Å². The normalized spacial score (nSPS) is 12.8. The molecule has 1 atom stereocenters. The first kappa shape index (κ1) is 17.0. The molecule has 0 bridgehead atoms. The molecule has 0 spiro atoms. The van der Waals surface area contributed by atoms with Crippen molar-refractivity contribution in [2.24, 2.45) is 5.92 Å². The Hall–Kier alpha value is -1.07. The summed E-state index contributed by atoms with van der Waals surface area (Å²) in [4.78, 5) is 13.5. The highest BCUT2D eigenvalue weighted by Crippen LogP contribution is 2.26. The lowest BCUT2D eigenvalue weighted by Crippen LogP contribution is -2.34. The SMILES string of the molecule is CC(C)CC(CN(C)C)Nc1cccc(Br)c1C(=O)O. The fourth-order valence-corrected chi connectivity index (χ4v) is 2.81. The third-order valence-corrected chi connectivity index (χ3v) is 3.59. The van der Waals surface area contributed by atoms with Crippen LogP contribution in [0.2, 0.25) is 0 Å². The van der Waals surface area contributed by atoms with Crippen molar-refractivity contribution in [1.29, 1.82) is 0 Å². The summed E-state index contributed by atoms with van der Waals surface area (Å²) in [5.74, 6) is -0.374. The van der Waals surface area contributed by atoms with Gasteiger partial charge < -0.3 is 15.3 Å². The van der Waals surface area contributed by atoms with Gasteiger partial charge in [0.2, 0.25) is 0 Å². The minimum atomic E-state index is -0.923. The topological polar surface area (TPSA) is 52.6 Å². The number of benzene rings is 1. The first-order valence-corrected chi connectivity index (χ1v) is 7.53. The van der Waals surface area contributed by atoms with E-state index in [4.69, 9.17) is 0 Å². The van der Waals surface area contributed by atoms with Gasteiger partial charge in [-0.1, -0.05) is 19.9 Å². The first-order chi connectivity index (χ1) is 9.31. The van der Waals surface area contributed by atoms with Crippen LogP contribution in [0, 0.1) is 5.92 Å². The number of carboxylic acids is 1. The molecule has 1 aromatic carbocycles. The second-order valence-corrected chi connectivity index (χ2v) is 6.55. The molecule has 112 valence electrons. The van der Waals surface area contributed by atoms with Crippen LogP contribution in [0.1, 0.15) is 30.6 Å².